The van der Waals surface area contributed by atoms with Crippen molar-refractivity contribution in [3.05, 3.63) is 61.0 Å². The first-order chi connectivity index (χ1) is 16.4. The minimum Gasteiger partial charge on any atom is -0.493 e. The lowest BCUT2D eigenvalue weighted by Gasteiger charge is -2.22. The number of ether oxygens (including phenoxy) is 2. The standard InChI is InChI=1S/C24H23Br2N3O5/c1-33-20-10-14(9-18(26)22(20)34-13-21(30)31)12-27-29-23(15-5-3-2-4-6-15)28-19-8-7-16(25)11-17(19)24(29)32/h7-12,15H,2-6,13H2,1H3,(H,30,31). The third-order valence-corrected chi connectivity index (χ3v) is 6.80. The van der Waals surface area contributed by atoms with Crippen LogP contribution in [0.15, 0.2) is 49.2 Å². The Kier molecular flexibility index (Phi) is 7.67. The zero-order valence-electron chi connectivity index (χ0n) is 18.5. The number of methoxy groups -OCH3 is 1. The van der Waals surface area contributed by atoms with E-state index >= 15 is 0 Å². The van der Waals surface area contributed by atoms with Crippen molar-refractivity contribution in [2.45, 2.75) is 38.0 Å². The number of carboxylic acid groups (broad SMARTS) is 1. The van der Waals surface area contributed by atoms with E-state index in [2.05, 4.69) is 37.0 Å². The van der Waals surface area contributed by atoms with E-state index < -0.39 is 12.6 Å². The van der Waals surface area contributed by atoms with Crippen LogP contribution in [0.1, 0.15) is 49.4 Å². The molecule has 0 unspecified atom stereocenters. The fourth-order valence-corrected chi connectivity index (χ4v) is 5.05. The molecular weight excluding hydrogens is 570 g/mol. The maximum absolute atomic E-state index is 13.4. The van der Waals surface area contributed by atoms with E-state index in [1.54, 1.807) is 24.4 Å². The zero-order chi connectivity index (χ0) is 24.2. The van der Waals surface area contributed by atoms with E-state index in [9.17, 15) is 9.59 Å². The normalized spacial score (nSPS) is 14.6. The molecule has 0 bridgehead atoms. The summed E-state index contributed by atoms with van der Waals surface area (Å²) in [6.07, 6.45) is 6.90. The Bertz CT molecular complexity index is 1320. The van der Waals surface area contributed by atoms with Gasteiger partial charge in [-0.1, -0.05) is 35.2 Å². The zero-order valence-corrected chi connectivity index (χ0v) is 21.6. The van der Waals surface area contributed by atoms with Gasteiger partial charge in [0.2, 0.25) is 0 Å². The summed E-state index contributed by atoms with van der Waals surface area (Å²) in [6, 6.07) is 8.88. The molecule has 0 saturated heterocycles. The summed E-state index contributed by atoms with van der Waals surface area (Å²) in [7, 11) is 1.47. The van der Waals surface area contributed by atoms with Gasteiger partial charge in [0.1, 0.15) is 5.82 Å². The Balaban J connectivity index is 1.78. The number of halogens is 2. The Hall–Kier alpha value is -2.72. The van der Waals surface area contributed by atoms with Crippen LogP contribution < -0.4 is 15.0 Å². The van der Waals surface area contributed by atoms with Gasteiger partial charge in [0.25, 0.3) is 5.56 Å². The maximum atomic E-state index is 13.4. The Morgan fingerprint density at radius 3 is 2.71 bits per heavy atom. The summed E-state index contributed by atoms with van der Waals surface area (Å²) in [4.78, 5) is 29.2. The van der Waals surface area contributed by atoms with Gasteiger partial charge in [0.15, 0.2) is 18.1 Å². The number of nitrogens with zero attached hydrogens (tertiary/aromatic N) is 3. The average Bonchev–Trinajstić information content (AvgIpc) is 2.83. The number of aromatic nitrogens is 2. The third kappa shape index (κ3) is 5.33. The summed E-state index contributed by atoms with van der Waals surface area (Å²) < 4.78 is 13.4. The smallest absolute Gasteiger partial charge is 0.341 e. The van der Waals surface area contributed by atoms with Crippen LogP contribution in [0.4, 0.5) is 0 Å². The van der Waals surface area contributed by atoms with Crippen LogP contribution in [0.5, 0.6) is 11.5 Å². The van der Waals surface area contributed by atoms with Gasteiger partial charge in [0.05, 0.1) is 28.7 Å². The van der Waals surface area contributed by atoms with Crippen LogP contribution in [0.3, 0.4) is 0 Å². The molecule has 0 atom stereocenters. The maximum Gasteiger partial charge on any atom is 0.341 e. The highest BCUT2D eigenvalue weighted by atomic mass is 79.9. The van der Waals surface area contributed by atoms with Crippen LogP contribution in [0, 0.1) is 0 Å². The molecule has 0 aliphatic heterocycles. The number of benzene rings is 2. The quantitative estimate of drug-likeness (QED) is 0.372. The SMILES string of the molecule is COc1cc(C=Nn2c(C3CCCCC3)nc3ccc(Br)cc3c2=O)cc(Br)c1OCC(=O)O. The third-order valence-electron chi connectivity index (χ3n) is 5.72. The van der Waals surface area contributed by atoms with Gasteiger partial charge in [-0.05, 0) is 64.7 Å². The molecule has 1 fully saturated rings. The average molecular weight is 593 g/mol. The van der Waals surface area contributed by atoms with Crippen molar-refractivity contribution in [3.63, 3.8) is 0 Å². The molecule has 1 aliphatic carbocycles. The highest BCUT2D eigenvalue weighted by molar-refractivity contribution is 9.10. The van der Waals surface area contributed by atoms with E-state index in [1.807, 2.05) is 12.1 Å². The molecule has 1 aliphatic rings. The van der Waals surface area contributed by atoms with Crippen LogP contribution in [0.25, 0.3) is 10.9 Å². The Labute approximate surface area is 212 Å². The first-order valence-electron chi connectivity index (χ1n) is 10.9. The lowest BCUT2D eigenvalue weighted by molar-refractivity contribution is -0.139. The van der Waals surface area contributed by atoms with Crippen molar-refractivity contribution < 1.29 is 19.4 Å². The molecule has 8 nitrogen and oxygen atoms in total. The van der Waals surface area contributed by atoms with Gasteiger partial charge in [-0.2, -0.15) is 9.78 Å². The Morgan fingerprint density at radius 2 is 2.00 bits per heavy atom. The molecule has 34 heavy (non-hydrogen) atoms. The van der Waals surface area contributed by atoms with Crippen LogP contribution in [-0.4, -0.2) is 40.7 Å². The molecule has 0 spiro atoms. The lowest BCUT2D eigenvalue weighted by Crippen LogP contribution is -2.25. The van der Waals surface area contributed by atoms with Crippen LogP contribution in [0.2, 0.25) is 0 Å². The van der Waals surface area contributed by atoms with Crippen molar-refractivity contribution in [2.24, 2.45) is 5.10 Å². The molecule has 1 N–H and O–H groups in total. The number of aliphatic carboxylic acids is 1. The predicted octanol–water partition coefficient (Wildman–Crippen LogP) is 5.32. The van der Waals surface area contributed by atoms with E-state index in [0.29, 0.717) is 32.5 Å². The fraction of sp³-hybridized carbons (Fsp3) is 0.333. The van der Waals surface area contributed by atoms with E-state index in [4.69, 9.17) is 19.6 Å². The number of rotatable bonds is 7. The largest absolute Gasteiger partial charge is 0.493 e. The second kappa shape index (κ2) is 10.7. The van der Waals surface area contributed by atoms with Gasteiger partial charge in [-0.3, -0.25) is 4.79 Å². The van der Waals surface area contributed by atoms with E-state index in [1.165, 1.54) is 18.2 Å². The summed E-state index contributed by atoms with van der Waals surface area (Å²) >= 11 is 6.83. The first-order valence-corrected chi connectivity index (χ1v) is 12.4. The van der Waals surface area contributed by atoms with Gasteiger partial charge in [-0.15, -0.1) is 0 Å². The van der Waals surface area contributed by atoms with Gasteiger partial charge in [0, 0.05) is 10.4 Å². The monoisotopic (exact) mass is 591 g/mol. The molecule has 178 valence electrons. The number of hydrogen-bond acceptors (Lipinski definition) is 6. The van der Waals surface area contributed by atoms with Gasteiger partial charge in [-0.25, -0.2) is 9.78 Å². The molecule has 1 heterocycles. The molecule has 1 aromatic heterocycles. The lowest BCUT2D eigenvalue weighted by atomic mass is 9.88. The molecule has 10 heteroatoms. The van der Waals surface area contributed by atoms with Crippen molar-refractivity contribution in [1.82, 2.24) is 9.66 Å². The van der Waals surface area contributed by atoms with Gasteiger partial charge >= 0.3 is 5.97 Å². The van der Waals surface area contributed by atoms with E-state index in [-0.39, 0.29) is 17.2 Å². The number of hydrogen-bond donors (Lipinski definition) is 1. The van der Waals surface area contributed by atoms with Crippen molar-refractivity contribution >= 4 is 54.9 Å². The highest BCUT2D eigenvalue weighted by Gasteiger charge is 2.22. The summed E-state index contributed by atoms with van der Waals surface area (Å²) in [5.41, 5.74) is 1.07. The first kappa shape index (κ1) is 24.4. The van der Waals surface area contributed by atoms with Crippen LogP contribution >= 0.6 is 31.9 Å². The van der Waals surface area contributed by atoms with Crippen LogP contribution in [-0.2, 0) is 4.79 Å². The second-order valence-electron chi connectivity index (χ2n) is 8.04. The van der Waals surface area contributed by atoms with Crippen molar-refractivity contribution in [1.29, 1.82) is 0 Å². The van der Waals surface area contributed by atoms with Crippen molar-refractivity contribution in [2.75, 3.05) is 13.7 Å². The molecule has 4 rings (SSSR count). The predicted molar refractivity (Wildman–Crippen MR) is 136 cm³/mol. The molecule has 3 aromatic rings. The molecular formula is C24H23Br2N3O5. The molecule has 2 aromatic carbocycles. The topological polar surface area (TPSA) is 103 Å². The Morgan fingerprint density at radius 1 is 1.24 bits per heavy atom. The minimum absolute atomic E-state index is 0.166. The summed E-state index contributed by atoms with van der Waals surface area (Å²) in [6.45, 7) is -0.499. The molecule has 1 saturated carbocycles. The molecule has 0 radical (unpaired) electrons. The highest BCUT2D eigenvalue weighted by Crippen LogP contribution is 2.36. The minimum atomic E-state index is -1.09. The summed E-state index contributed by atoms with van der Waals surface area (Å²) in [5, 5.41) is 13.9. The summed E-state index contributed by atoms with van der Waals surface area (Å²) in [5.74, 6) is 0.365. The molecule has 0 amide bonds. The fourth-order valence-electron chi connectivity index (χ4n) is 4.12. The number of carboxylic acids is 1. The number of carbonyl (C=O) groups is 1. The second-order valence-corrected chi connectivity index (χ2v) is 9.81. The van der Waals surface area contributed by atoms with E-state index in [0.717, 1.165) is 30.2 Å². The van der Waals surface area contributed by atoms with Gasteiger partial charge < -0.3 is 14.6 Å². The number of fused-ring (bicyclic) bond motifs is 1. The van der Waals surface area contributed by atoms with Crippen molar-refractivity contribution in [3.8, 4) is 11.5 Å².